The molecule has 2 heterocycles. The highest BCUT2D eigenvalue weighted by molar-refractivity contribution is 6.36. The van der Waals surface area contributed by atoms with Crippen molar-refractivity contribution in [3.63, 3.8) is 0 Å². The van der Waals surface area contributed by atoms with E-state index in [0.29, 0.717) is 42.2 Å². The number of halogens is 2. The predicted octanol–water partition coefficient (Wildman–Crippen LogP) is 4.65. The van der Waals surface area contributed by atoms with Gasteiger partial charge < -0.3 is 19.4 Å². The Bertz CT molecular complexity index is 966. The van der Waals surface area contributed by atoms with Crippen LogP contribution in [-0.2, 0) is 9.47 Å². The lowest BCUT2D eigenvalue weighted by Gasteiger charge is -2.24. The van der Waals surface area contributed by atoms with Gasteiger partial charge in [0.25, 0.3) is 0 Å². The quantitative estimate of drug-likeness (QED) is 0.572. The Kier molecular flexibility index (Phi) is 6.78. The van der Waals surface area contributed by atoms with Crippen molar-refractivity contribution in [3.8, 4) is 11.3 Å². The van der Waals surface area contributed by atoms with E-state index in [1.165, 1.54) is 0 Å². The van der Waals surface area contributed by atoms with Gasteiger partial charge >= 0.3 is 0 Å². The average molecular weight is 423 g/mol. The Morgan fingerprint density at radius 2 is 1.71 bits per heavy atom. The fourth-order valence-corrected chi connectivity index (χ4v) is 3.74. The maximum Gasteiger partial charge on any atom is 0.142 e. The molecule has 1 aromatic carbocycles. The second kappa shape index (κ2) is 9.09. The van der Waals surface area contributed by atoms with E-state index in [2.05, 4.69) is 9.88 Å². The molecule has 0 bridgehead atoms. The van der Waals surface area contributed by atoms with E-state index in [-0.39, 0.29) is 0 Å². The number of aryl methyl sites for hydroxylation is 2. The van der Waals surface area contributed by atoms with Gasteiger partial charge in [-0.1, -0.05) is 23.2 Å². The van der Waals surface area contributed by atoms with Gasteiger partial charge in [-0.15, -0.1) is 0 Å². The molecule has 28 heavy (non-hydrogen) atoms. The van der Waals surface area contributed by atoms with Crippen LogP contribution in [0.3, 0.4) is 0 Å². The molecule has 0 fully saturated rings. The molecule has 0 saturated carbocycles. The van der Waals surface area contributed by atoms with E-state index in [0.717, 1.165) is 33.7 Å². The van der Waals surface area contributed by atoms with Crippen molar-refractivity contribution in [2.24, 2.45) is 0 Å². The minimum absolute atomic E-state index is 0.573. The Labute approximate surface area is 174 Å². The minimum atomic E-state index is 0.573. The zero-order chi connectivity index (χ0) is 20.3. The number of anilines is 1. The van der Waals surface area contributed by atoms with Crippen LogP contribution in [0.5, 0.6) is 0 Å². The summed E-state index contributed by atoms with van der Waals surface area (Å²) in [6.45, 7) is 6.49. The standard InChI is InChI=1S/C20H24Cl2N4O2/c1-12-17-19(18(23-12)15-6-5-14(21)11-16(15)22)24-13(2)25-20(17)26(7-9-27-3)8-10-28-4/h5-6,11,23H,7-10H2,1-4H3. The average Bonchev–Trinajstić information content (AvgIpc) is 2.97. The van der Waals surface area contributed by atoms with Crippen molar-refractivity contribution in [2.45, 2.75) is 13.8 Å². The topological polar surface area (TPSA) is 63.3 Å². The van der Waals surface area contributed by atoms with Gasteiger partial charge in [0, 0.05) is 43.6 Å². The van der Waals surface area contributed by atoms with Gasteiger partial charge in [-0.3, -0.25) is 0 Å². The van der Waals surface area contributed by atoms with Gasteiger partial charge in [-0.2, -0.15) is 0 Å². The number of aromatic nitrogens is 3. The fraction of sp³-hybridized carbons (Fsp3) is 0.400. The monoisotopic (exact) mass is 422 g/mol. The SMILES string of the molecule is COCCN(CCOC)c1nc(C)nc2c(-c3ccc(Cl)cc3Cl)[nH]c(C)c12. The second-order valence-electron chi connectivity index (χ2n) is 6.54. The normalized spacial score (nSPS) is 11.4. The molecule has 1 N–H and O–H groups in total. The first-order chi connectivity index (χ1) is 13.5. The molecule has 0 saturated heterocycles. The molecule has 0 unspecified atom stereocenters. The summed E-state index contributed by atoms with van der Waals surface area (Å²) >= 11 is 12.5. The van der Waals surface area contributed by atoms with Crippen LogP contribution in [0.15, 0.2) is 18.2 Å². The molecule has 0 aliphatic rings. The van der Waals surface area contributed by atoms with E-state index in [9.17, 15) is 0 Å². The lowest BCUT2D eigenvalue weighted by atomic mass is 10.1. The van der Waals surface area contributed by atoms with Gasteiger partial charge in [0.05, 0.1) is 29.3 Å². The Morgan fingerprint density at radius 1 is 1.04 bits per heavy atom. The highest BCUT2D eigenvalue weighted by Gasteiger charge is 2.21. The maximum absolute atomic E-state index is 6.46. The van der Waals surface area contributed by atoms with Crippen LogP contribution < -0.4 is 4.90 Å². The van der Waals surface area contributed by atoms with Gasteiger partial charge in [0.15, 0.2) is 0 Å². The number of methoxy groups -OCH3 is 2. The van der Waals surface area contributed by atoms with Crippen molar-refractivity contribution in [1.29, 1.82) is 0 Å². The van der Waals surface area contributed by atoms with Crippen molar-refractivity contribution >= 4 is 39.9 Å². The maximum atomic E-state index is 6.46. The van der Waals surface area contributed by atoms with Crippen LogP contribution >= 0.6 is 23.2 Å². The highest BCUT2D eigenvalue weighted by Crippen LogP contribution is 2.38. The van der Waals surface area contributed by atoms with E-state index >= 15 is 0 Å². The molecule has 2 aromatic heterocycles. The third kappa shape index (κ3) is 4.25. The summed E-state index contributed by atoms with van der Waals surface area (Å²) in [7, 11) is 3.38. The summed E-state index contributed by atoms with van der Waals surface area (Å²) in [5, 5.41) is 2.14. The molecule has 150 valence electrons. The number of nitrogens with zero attached hydrogens (tertiary/aromatic N) is 3. The number of rotatable bonds is 8. The molecule has 0 radical (unpaired) electrons. The molecule has 8 heteroatoms. The molecule has 0 spiro atoms. The van der Waals surface area contributed by atoms with Gasteiger partial charge in [0.1, 0.15) is 17.2 Å². The van der Waals surface area contributed by atoms with Crippen molar-refractivity contribution in [1.82, 2.24) is 15.0 Å². The van der Waals surface area contributed by atoms with E-state index in [1.54, 1.807) is 20.3 Å². The fourth-order valence-electron chi connectivity index (χ4n) is 3.24. The first kappa shape index (κ1) is 20.9. The Morgan fingerprint density at radius 3 is 2.32 bits per heavy atom. The minimum Gasteiger partial charge on any atom is -0.383 e. The lowest BCUT2D eigenvalue weighted by Crippen LogP contribution is -2.31. The molecule has 0 aliphatic heterocycles. The molecule has 0 aliphatic carbocycles. The smallest absolute Gasteiger partial charge is 0.142 e. The number of hydrogen-bond acceptors (Lipinski definition) is 5. The molecule has 0 amide bonds. The first-order valence-electron chi connectivity index (χ1n) is 9.01. The van der Waals surface area contributed by atoms with Gasteiger partial charge in [-0.25, -0.2) is 9.97 Å². The van der Waals surface area contributed by atoms with Crippen LogP contribution in [0.1, 0.15) is 11.5 Å². The van der Waals surface area contributed by atoms with Crippen molar-refractivity contribution in [2.75, 3.05) is 45.4 Å². The Hall–Kier alpha value is -1.86. The van der Waals surface area contributed by atoms with E-state index in [4.69, 9.17) is 42.6 Å². The van der Waals surface area contributed by atoms with E-state index < -0.39 is 0 Å². The highest BCUT2D eigenvalue weighted by atomic mass is 35.5. The summed E-state index contributed by atoms with van der Waals surface area (Å²) in [6, 6.07) is 5.46. The van der Waals surface area contributed by atoms with E-state index in [1.807, 2.05) is 26.0 Å². The number of aromatic amines is 1. The summed E-state index contributed by atoms with van der Waals surface area (Å²) in [5.74, 6) is 1.55. The zero-order valence-electron chi connectivity index (χ0n) is 16.5. The lowest BCUT2D eigenvalue weighted by molar-refractivity contribution is 0.190. The number of nitrogens with one attached hydrogen (secondary N) is 1. The van der Waals surface area contributed by atoms with Crippen LogP contribution in [0, 0.1) is 13.8 Å². The number of ether oxygens (including phenoxy) is 2. The largest absolute Gasteiger partial charge is 0.383 e. The third-order valence-electron chi connectivity index (χ3n) is 4.56. The summed E-state index contributed by atoms with van der Waals surface area (Å²) < 4.78 is 10.6. The molecular formula is C20H24Cl2N4O2. The van der Waals surface area contributed by atoms with Crippen LogP contribution in [-0.4, -0.2) is 55.5 Å². The number of hydrogen-bond donors (Lipinski definition) is 1. The Balaban J connectivity index is 2.18. The summed E-state index contributed by atoms with van der Waals surface area (Å²) in [4.78, 5) is 15.1. The van der Waals surface area contributed by atoms with Crippen LogP contribution in [0.25, 0.3) is 22.2 Å². The summed E-state index contributed by atoms with van der Waals surface area (Å²) in [6.07, 6.45) is 0. The summed E-state index contributed by atoms with van der Waals surface area (Å²) in [5.41, 5.74) is 3.53. The molecular weight excluding hydrogens is 399 g/mol. The first-order valence-corrected chi connectivity index (χ1v) is 9.77. The van der Waals surface area contributed by atoms with Crippen LogP contribution in [0.2, 0.25) is 10.0 Å². The zero-order valence-corrected chi connectivity index (χ0v) is 18.0. The third-order valence-corrected chi connectivity index (χ3v) is 5.10. The molecule has 0 atom stereocenters. The predicted molar refractivity (Wildman–Crippen MR) is 115 cm³/mol. The van der Waals surface area contributed by atoms with Crippen LogP contribution in [0.4, 0.5) is 5.82 Å². The van der Waals surface area contributed by atoms with Crippen molar-refractivity contribution < 1.29 is 9.47 Å². The van der Waals surface area contributed by atoms with Crippen molar-refractivity contribution in [3.05, 3.63) is 39.8 Å². The number of H-pyrrole nitrogens is 1. The molecule has 6 nitrogen and oxygen atoms in total. The molecule has 3 rings (SSSR count). The van der Waals surface area contributed by atoms with Gasteiger partial charge in [-0.05, 0) is 32.0 Å². The second-order valence-corrected chi connectivity index (χ2v) is 7.38. The van der Waals surface area contributed by atoms with Gasteiger partial charge in [0.2, 0.25) is 0 Å². The molecule has 3 aromatic rings. The number of benzene rings is 1. The number of fused-ring (bicyclic) bond motifs is 1.